The molecule has 1 atom stereocenters. The van der Waals surface area contributed by atoms with E-state index in [2.05, 4.69) is 26.5 Å². The number of carbonyl (C=O) groups is 1. The molecule has 0 bridgehead atoms. The zero-order valence-corrected chi connectivity index (χ0v) is 15.8. The Morgan fingerprint density at radius 2 is 1.88 bits per heavy atom. The predicted molar refractivity (Wildman–Crippen MR) is 94.5 cm³/mol. The fourth-order valence-electron chi connectivity index (χ4n) is 3.92. The molecule has 140 valence electrons. The maximum Gasteiger partial charge on any atom is 0.307 e. The third-order valence-electron chi connectivity index (χ3n) is 5.58. The highest BCUT2D eigenvalue weighted by molar-refractivity contribution is 5.70. The standard InChI is InChI=1S/C20H31NO4/c1-5-7-19(16(13-21)12-17(22)23-6-2)8-10-20(11-9-19)24-14-18(3,4)15-25-20/h5,16H,1,6-12,14-15H2,2-4H3. The van der Waals surface area contributed by atoms with E-state index in [1.165, 1.54) is 0 Å². The Bertz CT molecular complexity index is 514. The number of rotatable bonds is 6. The van der Waals surface area contributed by atoms with Crippen molar-refractivity contribution in [3.05, 3.63) is 12.7 Å². The molecule has 0 amide bonds. The van der Waals surface area contributed by atoms with Gasteiger partial charge in [0.15, 0.2) is 5.79 Å². The molecule has 0 radical (unpaired) electrons. The van der Waals surface area contributed by atoms with Crippen LogP contribution in [0.3, 0.4) is 0 Å². The third kappa shape index (κ3) is 4.62. The van der Waals surface area contributed by atoms with E-state index in [9.17, 15) is 10.1 Å². The second-order valence-corrected chi connectivity index (χ2v) is 8.20. The fourth-order valence-corrected chi connectivity index (χ4v) is 3.92. The van der Waals surface area contributed by atoms with Gasteiger partial charge in [-0.05, 0) is 31.6 Å². The lowest BCUT2D eigenvalue weighted by Gasteiger charge is -2.51. The topological polar surface area (TPSA) is 68.6 Å². The minimum absolute atomic E-state index is 0.0417. The summed E-state index contributed by atoms with van der Waals surface area (Å²) in [5.41, 5.74) is -0.214. The number of nitrogens with zero attached hydrogens (tertiary/aromatic N) is 1. The van der Waals surface area contributed by atoms with Crippen LogP contribution >= 0.6 is 0 Å². The number of hydrogen-bond acceptors (Lipinski definition) is 5. The van der Waals surface area contributed by atoms with Crippen LogP contribution in [-0.2, 0) is 19.0 Å². The average molecular weight is 349 g/mol. The van der Waals surface area contributed by atoms with Crippen LogP contribution in [0.15, 0.2) is 12.7 Å². The lowest BCUT2D eigenvalue weighted by molar-refractivity contribution is -0.317. The molecule has 1 aliphatic heterocycles. The van der Waals surface area contributed by atoms with Gasteiger partial charge in [0.25, 0.3) is 0 Å². The Morgan fingerprint density at radius 1 is 1.28 bits per heavy atom. The van der Waals surface area contributed by atoms with Crippen molar-refractivity contribution in [3.63, 3.8) is 0 Å². The molecule has 25 heavy (non-hydrogen) atoms. The van der Waals surface area contributed by atoms with Crippen molar-refractivity contribution >= 4 is 5.97 Å². The van der Waals surface area contributed by atoms with Crippen LogP contribution in [0, 0.1) is 28.1 Å². The smallest absolute Gasteiger partial charge is 0.307 e. The molecule has 2 aliphatic rings. The Hall–Kier alpha value is -1.38. The average Bonchev–Trinajstić information content (AvgIpc) is 2.58. The van der Waals surface area contributed by atoms with Crippen molar-refractivity contribution in [2.45, 2.75) is 65.1 Å². The second kappa shape index (κ2) is 7.88. The molecule has 1 saturated carbocycles. The molecule has 0 aromatic carbocycles. The molecule has 5 heteroatoms. The van der Waals surface area contributed by atoms with Gasteiger partial charge < -0.3 is 14.2 Å². The first kappa shape index (κ1) is 19.9. The Balaban J connectivity index is 2.08. The molecule has 0 aromatic heterocycles. The Kier molecular flexibility index (Phi) is 6.29. The van der Waals surface area contributed by atoms with Crippen molar-refractivity contribution in [3.8, 4) is 6.07 Å². The van der Waals surface area contributed by atoms with E-state index in [0.29, 0.717) is 26.2 Å². The SMILES string of the molecule is C=CCC1(C(C#N)CC(=O)OCC)CCC2(CC1)OCC(C)(C)CO2. The quantitative estimate of drug-likeness (QED) is 0.536. The van der Waals surface area contributed by atoms with Crippen LogP contribution in [0.4, 0.5) is 0 Å². The van der Waals surface area contributed by atoms with Gasteiger partial charge >= 0.3 is 5.97 Å². The normalized spacial score (nSPS) is 24.9. The summed E-state index contributed by atoms with van der Waals surface area (Å²) >= 11 is 0. The molecule has 2 rings (SSSR count). The predicted octanol–water partition coefficient (Wildman–Crippen LogP) is 3.99. The zero-order chi connectivity index (χ0) is 18.6. The summed E-state index contributed by atoms with van der Waals surface area (Å²) in [4.78, 5) is 11.9. The van der Waals surface area contributed by atoms with Gasteiger partial charge in [0.2, 0.25) is 0 Å². The van der Waals surface area contributed by atoms with Gasteiger partial charge in [-0.2, -0.15) is 5.26 Å². The summed E-state index contributed by atoms with van der Waals surface area (Å²) in [5.74, 6) is -1.20. The molecular weight excluding hydrogens is 318 g/mol. The van der Waals surface area contributed by atoms with Gasteiger partial charge in [0.1, 0.15) is 0 Å². The molecular formula is C20H31NO4. The van der Waals surface area contributed by atoms with Crippen molar-refractivity contribution < 1.29 is 19.0 Å². The summed E-state index contributed by atoms with van der Waals surface area (Å²) in [6.45, 7) is 11.6. The van der Waals surface area contributed by atoms with Gasteiger partial charge in [-0.3, -0.25) is 4.79 Å². The highest BCUT2D eigenvalue weighted by Crippen LogP contribution is 2.52. The van der Waals surface area contributed by atoms with Gasteiger partial charge in [0, 0.05) is 18.3 Å². The number of carbonyl (C=O) groups excluding carboxylic acids is 1. The first-order valence-corrected chi connectivity index (χ1v) is 9.24. The number of nitriles is 1. The molecule has 2 fully saturated rings. The minimum atomic E-state index is -0.524. The summed E-state index contributed by atoms with van der Waals surface area (Å²) in [7, 11) is 0. The fraction of sp³-hybridized carbons (Fsp3) is 0.800. The molecule has 1 aliphatic carbocycles. The largest absolute Gasteiger partial charge is 0.466 e. The Morgan fingerprint density at radius 3 is 2.36 bits per heavy atom. The molecule has 0 N–H and O–H groups in total. The molecule has 1 heterocycles. The van der Waals surface area contributed by atoms with Crippen LogP contribution in [0.2, 0.25) is 0 Å². The Labute approximate surface area is 151 Å². The number of esters is 1. The zero-order valence-electron chi connectivity index (χ0n) is 15.8. The van der Waals surface area contributed by atoms with E-state index >= 15 is 0 Å². The van der Waals surface area contributed by atoms with Crippen LogP contribution < -0.4 is 0 Å². The molecule has 1 unspecified atom stereocenters. The maximum atomic E-state index is 11.9. The van der Waals surface area contributed by atoms with Crippen molar-refractivity contribution in [1.29, 1.82) is 5.26 Å². The van der Waals surface area contributed by atoms with E-state index in [1.807, 2.05) is 6.08 Å². The monoisotopic (exact) mass is 349 g/mol. The highest BCUT2D eigenvalue weighted by atomic mass is 16.7. The third-order valence-corrected chi connectivity index (χ3v) is 5.58. The van der Waals surface area contributed by atoms with Crippen molar-refractivity contribution in [2.24, 2.45) is 16.7 Å². The van der Waals surface area contributed by atoms with Gasteiger partial charge in [-0.15, -0.1) is 6.58 Å². The molecule has 0 aromatic rings. The van der Waals surface area contributed by atoms with Crippen molar-refractivity contribution in [2.75, 3.05) is 19.8 Å². The van der Waals surface area contributed by atoms with Crippen LogP contribution in [0.1, 0.15) is 59.3 Å². The van der Waals surface area contributed by atoms with Crippen LogP contribution in [0.25, 0.3) is 0 Å². The van der Waals surface area contributed by atoms with Gasteiger partial charge in [-0.1, -0.05) is 19.9 Å². The lowest BCUT2D eigenvalue weighted by Crippen LogP contribution is -2.52. The number of hydrogen-bond donors (Lipinski definition) is 0. The van der Waals surface area contributed by atoms with Crippen molar-refractivity contribution in [1.82, 2.24) is 0 Å². The van der Waals surface area contributed by atoms with Crippen LogP contribution in [0.5, 0.6) is 0 Å². The number of ether oxygens (including phenoxy) is 3. The summed E-state index contributed by atoms with van der Waals surface area (Å²) in [5, 5.41) is 9.70. The van der Waals surface area contributed by atoms with E-state index in [1.54, 1.807) is 6.92 Å². The van der Waals surface area contributed by atoms with E-state index in [-0.39, 0.29) is 29.1 Å². The van der Waals surface area contributed by atoms with E-state index in [4.69, 9.17) is 14.2 Å². The number of allylic oxidation sites excluding steroid dienone is 1. The first-order valence-electron chi connectivity index (χ1n) is 9.24. The summed E-state index contributed by atoms with van der Waals surface area (Å²) < 4.78 is 17.3. The summed E-state index contributed by atoms with van der Waals surface area (Å²) in [6.07, 6.45) is 5.79. The summed E-state index contributed by atoms with van der Waals surface area (Å²) in [6, 6.07) is 2.36. The minimum Gasteiger partial charge on any atom is -0.466 e. The second-order valence-electron chi connectivity index (χ2n) is 8.20. The lowest BCUT2D eigenvalue weighted by atomic mass is 9.62. The van der Waals surface area contributed by atoms with Crippen LogP contribution in [-0.4, -0.2) is 31.6 Å². The van der Waals surface area contributed by atoms with E-state index < -0.39 is 5.79 Å². The van der Waals surface area contributed by atoms with Gasteiger partial charge in [0.05, 0.1) is 38.2 Å². The molecule has 1 spiro atoms. The molecule has 5 nitrogen and oxygen atoms in total. The van der Waals surface area contributed by atoms with Gasteiger partial charge in [-0.25, -0.2) is 0 Å². The maximum absolute atomic E-state index is 11.9. The highest BCUT2D eigenvalue weighted by Gasteiger charge is 2.50. The molecule has 1 saturated heterocycles. The van der Waals surface area contributed by atoms with E-state index in [0.717, 1.165) is 25.7 Å². The first-order chi connectivity index (χ1) is 11.8.